The van der Waals surface area contributed by atoms with Crippen LogP contribution in [-0.4, -0.2) is 24.5 Å². The molecule has 20 heavy (non-hydrogen) atoms. The first-order valence-electron chi connectivity index (χ1n) is 7.48. The minimum absolute atomic E-state index is 0.437. The second kappa shape index (κ2) is 6.76. The molecule has 3 heteroatoms. The van der Waals surface area contributed by atoms with E-state index in [1.54, 1.807) is 0 Å². The van der Waals surface area contributed by atoms with Crippen molar-refractivity contribution in [3.63, 3.8) is 0 Å². The molecule has 2 rings (SSSR count). The van der Waals surface area contributed by atoms with Gasteiger partial charge in [0, 0.05) is 17.0 Å². The first-order chi connectivity index (χ1) is 9.50. The lowest BCUT2D eigenvalue weighted by Gasteiger charge is -2.38. The average Bonchev–Trinajstić information content (AvgIpc) is 2.83. The quantitative estimate of drug-likeness (QED) is 0.847. The number of hydrogen-bond acceptors (Lipinski definition) is 3. The smallest absolute Gasteiger partial charge is 0.0555 e. The maximum absolute atomic E-state index is 5.45. The molecule has 1 saturated heterocycles. The Balaban J connectivity index is 1.92. The third-order valence-electron chi connectivity index (χ3n) is 4.25. The zero-order valence-corrected chi connectivity index (χ0v) is 13.7. The fourth-order valence-electron chi connectivity index (χ4n) is 2.88. The molecule has 1 aliphatic rings. The van der Waals surface area contributed by atoms with Gasteiger partial charge in [-0.25, -0.2) is 0 Å². The van der Waals surface area contributed by atoms with E-state index in [-0.39, 0.29) is 0 Å². The Hall–Kier alpha value is -0.820. The lowest BCUT2D eigenvalue weighted by Crippen LogP contribution is -2.37. The molecule has 1 aliphatic heterocycles. The maximum atomic E-state index is 5.45. The number of likely N-dealkylation sites (tertiary alicyclic amines) is 1. The van der Waals surface area contributed by atoms with E-state index < -0.39 is 0 Å². The zero-order valence-electron chi connectivity index (χ0n) is 12.9. The second-order valence-corrected chi connectivity index (χ2v) is 7.68. The van der Waals surface area contributed by atoms with Gasteiger partial charge in [0.25, 0.3) is 0 Å². The van der Waals surface area contributed by atoms with Gasteiger partial charge >= 0.3 is 0 Å². The molecule has 1 fully saturated rings. The van der Waals surface area contributed by atoms with Crippen LogP contribution in [0.4, 0.5) is 0 Å². The summed E-state index contributed by atoms with van der Waals surface area (Å²) in [4.78, 5) is 3.96. The Bertz CT molecular complexity index is 479. The highest BCUT2D eigenvalue weighted by atomic mass is 32.1. The topological polar surface area (TPSA) is 29.3 Å². The van der Waals surface area contributed by atoms with Crippen molar-refractivity contribution < 1.29 is 0 Å². The van der Waals surface area contributed by atoms with E-state index in [2.05, 4.69) is 49.0 Å². The van der Waals surface area contributed by atoms with Crippen LogP contribution in [0.2, 0.25) is 0 Å². The number of piperidine rings is 1. The molecule has 2 N–H and O–H groups in total. The summed E-state index contributed by atoms with van der Waals surface area (Å²) in [5.74, 6) is 7.01. The Morgan fingerprint density at radius 2 is 2.05 bits per heavy atom. The van der Waals surface area contributed by atoms with Crippen molar-refractivity contribution >= 4 is 11.3 Å². The Morgan fingerprint density at radius 3 is 2.65 bits per heavy atom. The van der Waals surface area contributed by atoms with Crippen LogP contribution >= 0.6 is 11.3 Å². The summed E-state index contributed by atoms with van der Waals surface area (Å²) in [6.45, 7) is 11.0. The normalized spacial score (nSPS) is 17.8. The number of hydrogen-bond donors (Lipinski definition) is 1. The summed E-state index contributed by atoms with van der Waals surface area (Å²) in [6.07, 6.45) is 2.64. The van der Waals surface area contributed by atoms with Crippen LogP contribution in [-0.2, 0) is 6.54 Å². The molecule has 0 spiro atoms. The Kier molecular flexibility index (Phi) is 5.26. The molecule has 0 amide bonds. The number of nitrogens with two attached hydrogens (primary N) is 1. The standard InChI is InChI=1S/C17H26N2S/c1-17(2,3)15-6-10-19(11-7-15)13-16-14(5-4-9-18)8-12-20-16/h8,12,15H,6-7,9-11,13,18H2,1-3H3. The van der Waals surface area contributed by atoms with E-state index in [4.69, 9.17) is 5.73 Å². The van der Waals surface area contributed by atoms with Crippen LogP contribution in [0.1, 0.15) is 44.1 Å². The lowest BCUT2D eigenvalue weighted by molar-refractivity contribution is 0.108. The van der Waals surface area contributed by atoms with Crippen molar-refractivity contribution in [1.29, 1.82) is 0 Å². The van der Waals surface area contributed by atoms with Crippen LogP contribution < -0.4 is 5.73 Å². The van der Waals surface area contributed by atoms with Crippen LogP contribution in [0.3, 0.4) is 0 Å². The van der Waals surface area contributed by atoms with Gasteiger partial charge < -0.3 is 5.73 Å². The summed E-state index contributed by atoms with van der Waals surface area (Å²) in [7, 11) is 0. The third-order valence-corrected chi connectivity index (χ3v) is 5.16. The van der Waals surface area contributed by atoms with Crippen molar-refractivity contribution in [3.8, 4) is 11.8 Å². The molecule has 1 aromatic heterocycles. The number of thiophene rings is 1. The minimum Gasteiger partial charge on any atom is -0.320 e. The fraction of sp³-hybridized carbons (Fsp3) is 0.647. The van der Waals surface area contributed by atoms with E-state index >= 15 is 0 Å². The molecule has 0 aromatic carbocycles. The van der Waals surface area contributed by atoms with Gasteiger partial charge in [-0.1, -0.05) is 32.6 Å². The SMILES string of the molecule is CC(C)(C)C1CCN(Cc2sccc2C#CCN)CC1. The predicted molar refractivity (Wildman–Crippen MR) is 87.7 cm³/mol. The zero-order chi connectivity index (χ0) is 14.6. The molecule has 2 heterocycles. The maximum Gasteiger partial charge on any atom is 0.0555 e. The van der Waals surface area contributed by atoms with Gasteiger partial charge in [-0.3, -0.25) is 4.90 Å². The van der Waals surface area contributed by atoms with Gasteiger partial charge in [0.15, 0.2) is 0 Å². The second-order valence-electron chi connectivity index (χ2n) is 6.68. The van der Waals surface area contributed by atoms with Gasteiger partial charge in [-0.15, -0.1) is 11.3 Å². The monoisotopic (exact) mass is 290 g/mol. The molecule has 0 radical (unpaired) electrons. The molecular formula is C17H26N2S. The van der Waals surface area contributed by atoms with Gasteiger partial charge in [-0.05, 0) is 48.7 Å². The van der Waals surface area contributed by atoms with E-state index in [0.717, 1.165) is 12.5 Å². The van der Waals surface area contributed by atoms with Gasteiger partial charge in [0.2, 0.25) is 0 Å². The molecule has 1 aromatic rings. The van der Waals surface area contributed by atoms with Crippen molar-refractivity contribution in [2.24, 2.45) is 17.1 Å². The van der Waals surface area contributed by atoms with E-state index in [0.29, 0.717) is 12.0 Å². The molecule has 0 bridgehead atoms. The van der Waals surface area contributed by atoms with Crippen molar-refractivity contribution in [3.05, 3.63) is 21.9 Å². The molecule has 0 saturated carbocycles. The van der Waals surface area contributed by atoms with Gasteiger partial charge in [0.1, 0.15) is 0 Å². The first kappa shape index (κ1) is 15.6. The Labute approximate surface area is 127 Å². The fourth-order valence-corrected chi connectivity index (χ4v) is 3.75. The highest BCUT2D eigenvalue weighted by Crippen LogP contribution is 2.34. The van der Waals surface area contributed by atoms with Crippen molar-refractivity contribution in [2.45, 2.75) is 40.2 Å². The molecule has 0 unspecified atom stereocenters. The molecule has 2 nitrogen and oxygen atoms in total. The summed E-state index contributed by atoms with van der Waals surface area (Å²) < 4.78 is 0. The molecular weight excluding hydrogens is 264 g/mol. The van der Waals surface area contributed by atoms with Crippen LogP contribution in [0.5, 0.6) is 0 Å². The average molecular weight is 290 g/mol. The van der Waals surface area contributed by atoms with E-state index in [1.807, 2.05) is 11.3 Å². The number of nitrogens with zero attached hydrogens (tertiary/aromatic N) is 1. The Morgan fingerprint density at radius 1 is 1.35 bits per heavy atom. The predicted octanol–water partition coefficient (Wildman–Crippen LogP) is 3.32. The van der Waals surface area contributed by atoms with Gasteiger partial charge in [0.05, 0.1) is 6.54 Å². The molecule has 110 valence electrons. The van der Waals surface area contributed by atoms with Crippen molar-refractivity contribution in [1.82, 2.24) is 4.90 Å². The largest absolute Gasteiger partial charge is 0.320 e. The number of rotatable bonds is 2. The van der Waals surface area contributed by atoms with E-state index in [1.165, 1.54) is 36.4 Å². The summed E-state index contributed by atoms with van der Waals surface area (Å²) in [5, 5.41) is 2.14. The lowest BCUT2D eigenvalue weighted by atomic mass is 9.75. The highest BCUT2D eigenvalue weighted by Gasteiger charge is 2.28. The summed E-state index contributed by atoms with van der Waals surface area (Å²) >= 11 is 1.81. The minimum atomic E-state index is 0.437. The molecule has 0 atom stereocenters. The van der Waals surface area contributed by atoms with Crippen LogP contribution in [0, 0.1) is 23.2 Å². The summed E-state index contributed by atoms with van der Waals surface area (Å²) in [5.41, 5.74) is 7.07. The third kappa shape index (κ3) is 4.09. The first-order valence-corrected chi connectivity index (χ1v) is 8.36. The van der Waals surface area contributed by atoms with Crippen LogP contribution in [0.15, 0.2) is 11.4 Å². The summed E-state index contributed by atoms with van der Waals surface area (Å²) in [6, 6.07) is 2.12. The van der Waals surface area contributed by atoms with E-state index in [9.17, 15) is 0 Å². The van der Waals surface area contributed by atoms with Crippen molar-refractivity contribution in [2.75, 3.05) is 19.6 Å². The van der Waals surface area contributed by atoms with Gasteiger partial charge in [-0.2, -0.15) is 0 Å². The highest BCUT2D eigenvalue weighted by molar-refractivity contribution is 7.10. The molecule has 0 aliphatic carbocycles. The van der Waals surface area contributed by atoms with Crippen LogP contribution in [0.25, 0.3) is 0 Å².